The molecule has 18 heavy (non-hydrogen) atoms. The van der Waals surface area contributed by atoms with E-state index in [1.807, 2.05) is 0 Å². The molecule has 1 heteroatoms. The number of carbonyl (C=O) groups is 1. The first-order valence-corrected chi connectivity index (χ1v) is 6.71. The summed E-state index contributed by atoms with van der Waals surface area (Å²) in [6, 6.07) is 12.9. The molecule has 1 fully saturated rings. The summed E-state index contributed by atoms with van der Waals surface area (Å²) < 4.78 is 0. The van der Waals surface area contributed by atoms with Crippen LogP contribution in [0.15, 0.2) is 36.4 Å². The molecule has 0 spiro atoms. The molecule has 0 amide bonds. The Kier molecular flexibility index (Phi) is 2.70. The van der Waals surface area contributed by atoms with E-state index in [4.69, 9.17) is 0 Å². The van der Waals surface area contributed by atoms with E-state index in [0.717, 1.165) is 12.8 Å². The van der Waals surface area contributed by atoms with Gasteiger partial charge in [-0.2, -0.15) is 0 Å². The summed E-state index contributed by atoms with van der Waals surface area (Å²) in [5, 5.41) is 2.54. The molecule has 0 bridgehead atoms. The van der Waals surface area contributed by atoms with Gasteiger partial charge >= 0.3 is 0 Å². The minimum absolute atomic E-state index is 0.210. The van der Waals surface area contributed by atoms with Crippen LogP contribution < -0.4 is 0 Å². The lowest BCUT2D eigenvalue weighted by atomic mass is 9.79. The Morgan fingerprint density at radius 1 is 1.11 bits per heavy atom. The van der Waals surface area contributed by atoms with Gasteiger partial charge in [0.2, 0.25) is 0 Å². The highest BCUT2D eigenvalue weighted by atomic mass is 16.1. The van der Waals surface area contributed by atoms with Crippen LogP contribution in [-0.2, 0) is 10.2 Å². The highest BCUT2D eigenvalue weighted by Gasteiger charge is 2.35. The Hall–Kier alpha value is -1.63. The molecule has 0 atom stereocenters. The number of aryl methyl sites for hydroxylation is 1. The maximum Gasteiger partial charge on any atom is 0.130 e. The number of aldehydes is 1. The summed E-state index contributed by atoms with van der Waals surface area (Å²) in [6.45, 7) is 2.13. The maximum atomic E-state index is 11.5. The van der Waals surface area contributed by atoms with Crippen LogP contribution in [0.2, 0.25) is 0 Å². The van der Waals surface area contributed by atoms with E-state index in [9.17, 15) is 4.79 Å². The topological polar surface area (TPSA) is 17.1 Å². The lowest BCUT2D eigenvalue weighted by Crippen LogP contribution is -2.23. The lowest BCUT2D eigenvalue weighted by molar-refractivity contribution is -0.112. The first-order chi connectivity index (χ1) is 8.75. The zero-order chi connectivity index (χ0) is 12.6. The molecule has 1 nitrogen and oxygen atoms in total. The molecule has 1 aliphatic carbocycles. The van der Waals surface area contributed by atoms with Crippen molar-refractivity contribution in [2.75, 3.05) is 0 Å². The molecular weight excluding hydrogens is 220 g/mol. The fourth-order valence-corrected chi connectivity index (χ4v) is 3.24. The van der Waals surface area contributed by atoms with Crippen molar-refractivity contribution in [3.05, 3.63) is 47.5 Å². The summed E-state index contributed by atoms with van der Waals surface area (Å²) in [6.07, 6.45) is 5.54. The fourth-order valence-electron chi connectivity index (χ4n) is 3.24. The highest BCUT2D eigenvalue weighted by molar-refractivity contribution is 5.87. The summed E-state index contributed by atoms with van der Waals surface area (Å²) in [5.41, 5.74) is 2.29. The largest absolute Gasteiger partial charge is 0.302 e. The summed E-state index contributed by atoms with van der Waals surface area (Å²) in [7, 11) is 0. The SMILES string of the molecule is Cc1cccc2cc(C3(C=O)CCCC3)ccc12. The molecule has 92 valence electrons. The van der Waals surface area contributed by atoms with Crippen molar-refractivity contribution < 1.29 is 4.79 Å². The second-order valence-electron chi connectivity index (χ2n) is 5.49. The molecular formula is C17H18O. The lowest BCUT2D eigenvalue weighted by Gasteiger charge is -2.23. The van der Waals surface area contributed by atoms with Gasteiger partial charge in [-0.25, -0.2) is 0 Å². The predicted octanol–water partition coefficient (Wildman–Crippen LogP) is 4.16. The van der Waals surface area contributed by atoms with Gasteiger partial charge < -0.3 is 4.79 Å². The predicted molar refractivity (Wildman–Crippen MR) is 74.9 cm³/mol. The minimum atomic E-state index is -0.210. The third kappa shape index (κ3) is 1.66. The van der Waals surface area contributed by atoms with Crippen molar-refractivity contribution in [2.45, 2.75) is 38.0 Å². The van der Waals surface area contributed by atoms with Crippen LogP contribution in [0, 0.1) is 6.92 Å². The van der Waals surface area contributed by atoms with Crippen molar-refractivity contribution in [2.24, 2.45) is 0 Å². The molecule has 1 aliphatic rings. The first kappa shape index (κ1) is 11.5. The van der Waals surface area contributed by atoms with Crippen LogP contribution in [0.25, 0.3) is 10.8 Å². The zero-order valence-electron chi connectivity index (χ0n) is 10.8. The van der Waals surface area contributed by atoms with E-state index >= 15 is 0 Å². The van der Waals surface area contributed by atoms with E-state index in [1.54, 1.807) is 0 Å². The molecule has 3 rings (SSSR count). The fraction of sp³-hybridized carbons (Fsp3) is 0.353. The molecule has 2 aromatic rings. The first-order valence-electron chi connectivity index (χ1n) is 6.71. The van der Waals surface area contributed by atoms with Crippen LogP contribution >= 0.6 is 0 Å². The van der Waals surface area contributed by atoms with Crippen molar-refractivity contribution >= 4 is 17.1 Å². The number of carbonyl (C=O) groups excluding carboxylic acids is 1. The van der Waals surface area contributed by atoms with Gasteiger partial charge in [0.05, 0.1) is 5.41 Å². The number of hydrogen-bond donors (Lipinski definition) is 0. The minimum Gasteiger partial charge on any atom is -0.302 e. The third-order valence-electron chi connectivity index (χ3n) is 4.39. The Balaban J connectivity index is 2.16. The van der Waals surface area contributed by atoms with Gasteiger partial charge in [-0.1, -0.05) is 49.2 Å². The normalized spacial score (nSPS) is 18.1. The molecule has 0 radical (unpaired) electrons. The van der Waals surface area contributed by atoms with Gasteiger partial charge in [0.25, 0.3) is 0 Å². The van der Waals surface area contributed by atoms with Crippen LogP contribution in [0.1, 0.15) is 36.8 Å². The standard InChI is InChI=1S/C17H18O/c1-13-5-4-6-14-11-15(7-8-16(13)14)17(12-18)9-2-3-10-17/h4-8,11-12H,2-3,9-10H2,1H3. The third-order valence-corrected chi connectivity index (χ3v) is 4.39. The molecule has 2 aromatic carbocycles. The number of hydrogen-bond acceptors (Lipinski definition) is 1. The summed E-state index contributed by atoms with van der Waals surface area (Å²) >= 11 is 0. The number of fused-ring (bicyclic) bond motifs is 1. The molecule has 0 aromatic heterocycles. The van der Waals surface area contributed by atoms with E-state index < -0.39 is 0 Å². The molecule has 0 unspecified atom stereocenters. The second-order valence-corrected chi connectivity index (χ2v) is 5.49. The van der Waals surface area contributed by atoms with E-state index in [0.29, 0.717) is 0 Å². The quantitative estimate of drug-likeness (QED) is 0.718. The van der Waals surface area contributed by atoms with Gasteiger partial charge in [-0.15, -0.1) is 0 Å². The Labute approximate surface area is 108 Å². The Morgan fingerprint density at radius 2 is 1.89 bits per heavy atom. The molecule has 0 aliphatic heterocycles. The van der Waals surface area contributed by atoms with Crippen LogP contribution in [0.4, 0.5) is 0 Å². The van der Waals surface area contributed by atoms with Gasteiger partial charge in [0.15, 0.2) is 0 Å². The van der Waals surface area contributed by atoms with E-state index in [-0.39, 0.29) is 5.41 Å². The van der Waals surface area contributed by atoms with Crippen LogP contribution in [0.3, 0.4) is 0 Å². The van der Waals surface area contributed by atoms with Gasteiger partial charge in [-0.3, -0.25) is 0 Å². The van der Waals surface area contributed by atoms with Gasteiger partial charge in [0, 0.05) is 0 Å². The number of benzene rings is 2. The van der Waals surface area contributed by atoms with Crippen molar-refractivity contribution in [1.29, 1.82) is 0 Å². The average Bonchev–Trinajstić information content (AvgIpc) is 2.89. The Morgan fingerprint density at radius 3 is 2.61 bits per heavy atom. The molecule has 0 N–H and O–H groups in total. The van der Waals surface area contributed by atoms with Crippen molar-refractivity contribution in [3.63, 3.8) is 0 Å². The van der Waals surface area contributed by atoms with E-state index in [1.165, 1.54) is 41.0 Å². The van der Waals surface area contributed by atoms with Gasteiger partial charge in [-0.05, 0) is 41.7 Å². The number of rotatable bonds is 2. The van der Waals surface area contributed by atoms with Crippen LogP contribution in [0.5, 0.6) is 0 Å². The monoisotopic (exact) mass is 238 g/mol. The average molecular weight is 238 g/mol. The van der Waals surface area contributed by atoms with Crippen molar-refractivity contribution in [3.8, 4) is 0 Å². The van der Waals surface area contributed by atoms with Crippen LogP contribution in [-0.4, -0.2) is 6.29 Å². The highest BCUT2D eigenvalue weighted by Crippen LogP contribution is 2.40. The summed E-state index contributed by atoms with van der Waals surface area (Å²) in [4.78, 5) is 11.5. The van der Waals surface area contributed by atoms with E-state index in [2.05, 4.69) is 43.3 Å². The molecule has 0 heterocycles. The maximum absolute atomic E-state index is 11.5. The zero-order valence-corrected chi connectivity index (χ0v) is 10.8. The Bertz CT molecular complexity index is 592. The summed E-state index contributed by atoms with van der Waals surface area (Å²) in [5.74, 6) is 0. The molecule has 0 saturated heterocycles. The smallest absolute Gasteiger partial charge is 0.130 e. The second kappa shape index (κ2) is 4.24. The molecule has 1 saturated carbocycles. The van der Waals surface area contributed by atoms with Crippen molar-refractivity contribution in [1.82, 2.24) is 0 Å². The van der Waals surface area contributed by atoms with Gasteiger partial charge in [0.1, 0.15) is 6.29 Å².